The van der Waals surface area contributed by atoms with Crippen LogP contribution in [-0.4, -0.2) is 21.7 Å². The SMILES string of the molecule is COc1cccc(-c2cnc3ccc(NC(C)c4cccc(F)c4)nn23)c1. The first kappa shape index (κ1) is 17.0. The summed E-state index contributed by atoms with van der Waals surface area (Å²) in [6.07, 6.45) is 1.79. The zero-order chi connectivity index (χ0) is 18.8. The highest BCUT2D eigenvalue weighted by molar-refractivity contribution is 5.65. The summed E-state index contributed by atoms with van der Waals surface area (Å²) < 4.78 is 20.6. The summed E-state index contributed by atoms with van der Waals surface area (Å²) in [5, 5.41) is 7.98. The lowest BCUT2D eigenvalue weighted by Gasteiger charge is -2.15. The lowest BCUT2D eigenvalue weighted by molar-refractivity contribution is 0.415. The van der Waals surface area contributed by atoms with Gasteiger partial charge >= 0.3 is 0 Å². The lowest BCUT2D eigenvalue weighted by Crippen LogP contribution is -2.09. The van der Waals surface area contributed by atoms with Crippen LogP contribution in [0.2, 0.25) is 0 Å². The molecule has 6 heteroatoms. The fourth-order valence-electron chi connectivity index (χ4n) is 3.01. The molecule has 136 valence electrons. The molecule has 0 amide bonds. The molecule has 0 saturated heterocycles. The van der Waals surface area contributed by atoms with Crippen LogP contribution in [0, 0.1) is 5.82 Å². The quantitative estimate of drug-likeness (QED) is 0.558. The minimum atomic E-state index is -0.250. The van der Waals surface area contributed by atoms with Crippen molar-refractivity contribution in [3.63, 3.8) is 0 Å². The number of nitrogens with zero attached hydrogens (tertiary/aromatic N) is 3. The van der Waals surface area contributed by atoms with Crippen LogP contribution in [0.1, 0.15) is 18.5 Å². The Bertz CT molecular complexity index is 1090. The number of anilines is 1. The van der Waals surface area contributed by atoms with Gasteiger partial charge in [-0.25, -0.2) is 13.9 Å². The van der Waals surface area contributed by atoms with Gasteiger partial charge in [0.2, 0.25) is 0 Å². The Kier molecular flexibility index (Phi) is 4.46. The molecule has 27 heavy (non-hydrogen) atoms. The van der Waals surface area contributed by atoms with Crippen molar-refractivity contribution in [1.82, 2.24) is 14.6 Å². The molecule has 0 aliphatic rings. The van der Waals surface area contributed by atoms with Crippen molar-refractivity contribution < 1.29 is 9.13 Å². The summed E-state index contributed by atoms with van der Waals surface area (Å²) in [7, 11) is 1.64. The summed E-state index contributed by atoms with van der Waals surface area (Å²) in [4.78, 5) is 4.42. The molecule has 0 aliphatic heterocycles. The number of rotatable bonds is 5. The van der Waals surface area contributed by atoms with Gasteiger partial charge in [-0.05, 0) is 48.9 Å². The maximum absolute atomic E-state index is 13.5. The van der Waals surface area contributed by atoms with E-state index < -0.39 is 0 Å². The van der Waals surface area contributed by atoms with Gasteiger partial charge in [0.15, 0.2) is 5.65 Å². The first-order chi connectivity index (χ1) is 13.1. The van der Waals surface area contributed by atoms with Crippen molar-refractivity contribution in [3.8, 4) is 17.0 Å². The zero-order valence-electron chi connectivity index (χ0n) is 15.1. The number of hydrogen-bond acceptors (Lipinski definition) is 4. The lowest BCUT2D eigenvalue weighted by atomic mass is 10.1. The summed E-state index contributed by atoms with van der Waals surface area (Å²) in [5.41, 5.74) is 3.43. The van der Waals surface area contributed by atoms with Crippen molar-refractivity contribution in [2.24, 2.45) is 0 Å². The van der Waals surface area contributed by atoms with E-state index in [-0.39, 0.29) is 11.9 Å². The van der Waals surface area contributed by atoms with E-state index >= 15 is 0 Å². The van der Waals surface area contributed by atoms with Crippen LogP contribution in [-0.2, 0) is 0 Å². The number of hydrogen-bond donors (Lipinski definition) is 1. The predicted octanol–water partition coefficient (Wildman–Crippen LogP) is 4.72. The first-order valence-electron chi connectivity index (χ1n) is 8.65. The molecule has 2 heterocycles. The van der Waals surface area contributed by atoms with Crippen LogP contribution in [0.25, 0.3) is 16.9 Å². The van der Waals surface area contributed by atoms with E-state index in [1.165, 1.54) is 12.1 Å². The highest BCUT2D eigenvalue weighted by Gasteiger charge is 2.11. The average Bonchev–Trinajstić information content (AvgIpc) is 3.11. The molecule has 0 radical (unpaired) electrons. The van der Waals surface area contributed by atoms with Crippen LogP contribution in [0.15, 0.2) is 66.9 Å². The number of nitrogens with one attached hydrogen (secondary N) is 1. The van der Waals surface area contributed by atoms with Gasteiger partial charge in [-0.1, -0.05) is 24.3 Å². The van der Waals surface area contributed by atoms with E-state index in [9.17, 15) is 4.39 Å². The number of imidazole rings is 1. The maximum Gasteiger partial charge on any atom is 0.154 e. The monoisotopic (exact) mass is 362 g/mol. The van der Waals surface area contributed by atoms with E-state index in [2.05, 4.69) is 15.4 Å². The van der Waals surface area contributed by atoms with Crippen LogP contribution in [0.4, 0.5) is 10.2 Å². The minimum absolute atomic E-state index is 0.0885. The van der Waals surface area contributed by atoms with E-state index in [0.29, 0.717) is 5.82 Å². The molecule has 0 fully saturated rings. The van der Waals surface area contributed by atoms with E-state index in [4.69, 9.17) is 4.74 Å². The van der Waals surface area contributed by atoms with Crippen molar-refractivity contribution in [3.05, 3.63) is 78.2 Å². The van der Waals surface area contributed by atoms with Crippen LogP contribution < -0.4 is 10.1 Å². The molecule has 2 aromatic carbocycles. The van der Waals surface area contributed by atoms with Gasteiger partial charge in [0.25, 0.3) is 0 Å². The van der Waals surface area contributed by atoms with Gasteiger partial charge in [-0.15, -0.1) is 5.10 Å². The number of methoxy groups -OCH3 is 1. The van der Waals surface area contributed by atoms with Gasteiger partial charge < -0.3 is 10.1 Å². The Morgan fingerprint density at radius 1 is 1.07 bits per heavy atom. The third-order valence-corrected chi connectivity index (χ3v) is 4.44. The number of ether oxygens (including phenoxy) is 1. The first-order valence-corrected chi connectivity index (χ1v) is 8.65. The standard InChI is InChI=1S/C21H19FN4O/c1-14(15-5-3-7-17(22)11-15)24-20-9-10-21-23-13-19(26(21)25-20)16-6-4-8-18(12-16)27-2/h3-14H,1-2H3,(H,24,25). The molecule has 4 rings (SSSR count). The highest BCUT2D eigenvalue weighted by atomic mass is 19.1. The Morgan fingerprint density at radius 2 is 1.93 bits per heavy atom. The van der Waals surface area contributed by atoms with Crippen LogP contribution in [0.3, 0.4) is 0 Å². The molecular weight excluding hydrogens is 343 g/mol. The molecule has 5 nitrogen and oxygen atoms in total. The normalized spacial score (nSPS) is 12.1. The van der Waals surface area contributed by atoms with Crippen molar-refractivity contribution in [2.75, 3.05) is 12.4 Å². The molecule has 0 saturated carbocycles. The van der Waals surface area contributed by atoms with E-state index in [0.717, 1.165) is 28.2 Å². The molecule has 0 bridgehead atoms. The van der Waals surface area contributed by atoms with E-state index in [1.807, 2.05) is 49.4 Å². The van der Waals surface area contributed by atoms with E-state index in [1.54, 1.807) is 23.9 Å². The van der Waals surface area contributed by atoms with Gasteiger partial charge in [-0.3, -0.25) is 0 Å². The molecule has 1 unspecified atom stereocenters. The Morgan fingerprint density at radius 3 is 2.74 bits per heavy atom. The largest absolute Gasteiger partial charge is 0.497 e. The number of fused-ring (bicyclic) bond motifs is 1. The summed E-state index contributed by atoms with van der Waals surface area (Å²) in [6, 6.07) is 18.0. The molecular formula is C21H19FN4O. The average molecular weight is 362 g/mol. The number of benzene rings is 2. The molecule has 0 spiro atoms. The van der Waals surface area contributed by atoms with Crippen molar-refractivity contribution in [1.29, 1.82) is 0 Å². The predicted molar refractivity (Wildman–Crippen MR) is 103 cm³/mol. The highest BCUT2D eigenvalue weighted by Crippen LogP contribution is 2.25. The smallest absolute Gasteiger partial charge is 0.154 e. The Labute approximate surface area is 156 Å². The number of aromatic nitrogens is 3. The van der Waals surface area contributed by atoms with Gasteiger partial charge in [0.05, 0.1) is 25.0 Å². The van der Waals surface area contributed by atoms with Crippen molar-refractivity contribution >= 4 is 11.5 Å². The summed E-state index contributed by atoms with van der Waals surface area (Å²) >= 11 is 0. The minimum Gasteiger partial charge on any atom is -0.497 e. The Hall–Kier alpha value is -3.41. The third-order valence-electron chi connectivity index (χ3n) is 4.44. The maximum atomic E-state index is 13.5. The topological polar surface area (TPSA) is 51.5 Å². The molecule has 4 aromatic rings. The molecule has 0 aliphatic carbocycles. The van der Waals surface area contributed by atoms with Gasteiger partial charge in [0.1, 0.15) is 17.4 Å². The molecule has 1 N–H and O–H groups in total. The Balaban J connectivity index is 1.67. The fraction of sp³-hybridized carbons (Fsp3) is 0.143. The van der Waals surface area contributed by atoms with Crippen LogP contribution >= 0.6 is 0 Å². The van der Waals surface area contributed by atoms with Crippen LogP contribution in [0.5, 0.6) is 5.75 Å². The van der Waals surface area contributed by atoms with Crippen molar-refractivity contribution in [2.45, 2.75) is 13.0 Å². The second-order valence-corrected chi connectivity index (χ2v) is 6.29. The molecule has 1 atom stereocenters. The van der Waals surface area contributed by atoms with Gasteiger partial charge in [0, 0.05) is 5.56 Å². The summed E-state index contributed by atoms with van der Waals surface area (Å²) in [6.45, 7) is 1.97. The second kappa shape index (κ2) is 7.07. The second-order valence-electron chi connectivity index (χ2n) is 6.29. The fourth-order valence-corrected chi connectivity index (χ4v) is 3.01. The number of halogens is 1. The zero-order valence-corrected chi connectivity index (χ0v) is 15.1. The third kappa shape index (κ3) is 3.46. The molecule has 2 aromatic heterocycles. The summed E-state index contributed by atoms with van der Waals surface area (Å²) in [5.74, 6) is 1.21. The van der Waals surface area contributed by atoms with Gasteiger partial charge in [-0.2, -0.15) is 0 Å².